The minimum absolute atomic E-state index is 0.144. The van der Waals surface area contributed by atoms with E-state index in [1.54, 1.807) is 7.11 Å². The third kappa shape index (κ3) is 4.35. The highest BCUT2D eigenvalue weighted by Crippen LogP contribution is 2.30. The van der Waals surface area contributed by atoms with Crippen LogP contribution >= 0.6 is 0 Å². The van der Waals surface area contributed by atoms with Gasteiger partial charge in [-0.3, -0.25) is 0 Å². The number of likely N-dealkylation sites (tertiary alicyclic amines) is 1. The van der Waals surface area contributed by atoms with Crippen LogP contribution in [0.3, 0.4) is 0 Å². The molecule has 0 unspecified atom stereocenters. The highest BCUT2D eigenvalue weighted by molar-refractivity contribution is 5.74. The number of nitrogens with zero attached hydrogens (tertiary/aromatic N) is 2. The van der Waals surface area contributed by atoms with Crippen LogP contribution < -0.4 is 5.32 Å². The van der Waals surface area contributed by atoms with Crippen molar-refractivity contribution in [2.45, 2.75) is 62.9 Å². The topological polar surface area (TPSA) is 44.8 Å². The van der Waals surface area contributed by atoms with Crippen LogP contribution in [-0.4, -0.2) is 68.3 Å². The molecule has 2 aliphatic rings. The van der Waals surface area contributed by atoms with Crippen molar-refractivity contribution >= 4 is 6.03 Å². The number of hydrogen-bond acceptors (Lipinski definition) is 3. The maximum Gasteiger partial charge on any atom is 0.317 e. The Morgan fingerprint density at radius 3 is 2.41 bits per heavy atom. The van der Waals surface area contributed by atoms with Gasteiger partial charge in [-0.15, -0.1) is 0 Å². The minimum Gasteiger partial charge on any atom is -0.385 e. The fourth-order valence-electron chi connectivity index (χ4n) is 3.85. The Balaban J connectivity index is 1.82. The Labute approximate surface area is 135 Å². The van der Waals surface area contributed by atoms with Crippen molar-refractivity contribution in [3.63, 3.8) is 0 Å². The maximum absolute atomic E-state index is 12.4. The molecule has 0 aromatic carbocycles. The number of carbonyl (C=O) groups is 1. The van der Waals surface area contributed by atoms with Crippen LogP contribution in [0.4, 0.5) is 4.79 Å². The van der Waals surface area contributed by atoms with Gasteiger partial charge in [0.15, 0.2) is 0 Å². The molecule has 1 N–H and O–H groups in total. The van der Waals surface area contributed by atoms with Gasteiger partial charge in [-0.05, 0) is 46.2 Å². The molecule has 0 aromatic heterocycles. The van der Waals surface area contributed by atoms with Gasteiger partial charge in [0, 0.05) is 38.4 Å². The molecule has 0 spiro atoms. The van der Waals surface area contributed by atoms with Crippen molar-refractivity contribution in [1.82, 2.24) is 15.1 Å². The molecule has 1 aliphatic heterocycles. The lowest BCUT2D eigenvalue weighted by Gasteiger charge is -2.46. The largest absolute Gasteiger partial charge is 0.385 e. The summed E-state index contributed by atoms with van der Waals surface area (Å²) in [6.07, 6.45) is 9.22. The number of ether oxygens (including phenoxy) is 1. The van der Waals surface area contributed by atoms with Crippen molar-refractivity contribution in [2.24, 2.45) is 0 Å². The molecule has 0 radical (unpaired) electrons. The molecule has 2 fully saturated rings. The summed E-state index contributed by atoms with van der Waals surface area (Å²) in [6.45, 7) is 2.48. The second-order valence-corrected chi connectivity index (χ2v) is 7.13. The Hall–Kier alpha value is -0.810. The zero-order valence-electron chi connectivity index (χ0n) is 14.6. The zero-order valence-corrected chi connectivity index (χ0v) is 14.6. The lowest BCUT2D eigenvalue weighted by Crippen LogP contribution is -2.56. The normalized spacial score (nSPS) is 22.8. The van der Waals surface area contributed by atoms with Gasteiger partial charge in [-0.2, -0.15) is 0 Å². The van der Waals surface area contributed by atoms with E-state index in [9.17, 15) is 4.79 Å². The molecule has 2 amide bonds. The minimum atomic E-state index is 0.144. The molecule has 1 saturated carbocycles. The number of nitrogens with one attached hydrogen (secondary N) is 1. The third-order valence-corrected chi connectivity index (χ3v) is 5.63. The fraction of sp³-hybridized carbons (Fsp3) is 0.941. The van der Waals surface area contributed by atoms with E-state index in [0.29, 0.717) is 6.04 Å². The van der Waals surface area contributed by atoms with Gasteiger partial charge in [-0.1, -0.05) is 19.3 Å². The number of methoxy groups -OCH3 is 1. The maximum atomic E-state index is 12.4. The third-order valence-electron chi connectivity index (χ3n) is 5.63. The fourth-order valence-corrected chi connectivity index (χ4v) is 3.85. The molecule has 22 heavy (non-hydrogen) atoms. The lowest BCUT2D eigenvalue weighted by atomic mass is 9.83. The van der Waals surface area contributed by atoms with Crippen LogP contribution in [0, 0.1) is 0 Å². The van der Waals surface area contributed by atoms with Crippen molar-refractivity contribution in [3.8, 4) is 0 Å². The van der Waals surface area contributed by atoms with Gasteiger partial charge < -0.3 is 19.9 Å². The van der Waals surface area contributed by atoms with Gasteiger partial charge >= 0.3 is 6.03 Å². The summed E-state index contributed by atoms with van der Waals surface area (Å²) in [4.78, 5) is 16.8. The molecule has 5 heteroatoms. The molecule has 0 bridgehead atoms. The summed E-state index contributed by atoms with van der Waals surface area (Å²) in [6, 6.07) is 0.543. The van der Waals surface area contributed by atoms with Crippen molar-refractivity contribution in [3.05, 3.63) is 0 Å². The van der Waals surface area contributed by atoms with E-state index >= 15 is 0 Å². The van der Waals surface area contributed by atoms with Crippen molar-refractivity contribution < 1.29 is 9.53 Å². The molecule has 1 aliphatic carbocycles. The molecule has 0 atom stereocenters. The van der Waals surface area contributed by atoms with Gasteiger partial charge in [0.1, 0.15) is 0 Å². The first-order chi connectivity index (χ1) is 10.6. The Kier molecular flexibility index (Phi) is 6.50. The van der Waals surface area contributed by atoms with Gasteiger partial charge in [0.05, 0.1) is 0 Å². The molecular weight excluding hydrogens is 278 g/mol. The summed E-state index contributed by atoms with van der Waals surface area (Å²) in [5.74, 6) is 0. The zero-order chi connectivity index (χ0) is 16.0. The summed E-state index contributed by atoms with van der Waals surface area (Å²) in [5.41, 5.74) is 0.178. The summed E-state index contributed by atoms with van der Waals surface area (Å²) >= 11 is 0. The monoisotopic (exact) mass is 311 g/mol. The van der Waals surface area contributed by atoms with Crippen molar-refractivity contribution in [1.29, 1.82) is 0 Å². The predicted molar refractivity (Wildman–Crippen MR) is 89.1 cm³/mol. The van der Waals surface area contributed by atoms with Crippen LogP contribution in [-0.2, 0) is 4.74 Å². The summed E-state index contributed by atoms with van der Waals surface area (Å²) in [5, 5.41) is 3.24. The average molecular weight is 311 g/mol. The van der Waals surface area contributed by atoms with Gasteiger partial charge in [0.2, 0.25) is 0 Å². The van der Waals surface area contributed by atoms with Gasteiger partial charge in [-0.25, -0.2) is 4.79 Å². The Morgan fingerprint density at radius 2 is 1.86 bits per heavy atom. The molecular formula is C17H33N3O2. The van der Waals surface area contributed by atoms with E-state index in [0.717, 1.165) is 51.8 Å². The van der Waals surface area contributed by atoms with Crippen LogP contribution in [0.5, 0.6) is 0 Å². The van der Waals surface area contributed by atoms with Crippen LogP contribution in [0.25, 0.3) is 0 Å². The number of amides is 2. The van der Waals surface area contributed by atoms with E-state index < -0.39 is 0 Å². The van der Waals surface area contributed by atoms with E-state index in [1.807, 2.05) is 4.90 Å². The van der Waals surface area contributed by atoms with Gasteiger partial charge in [0.25, 0.3) is 0 Å². The van der Waals surface area contributed by atoms with E-state index in [2.05, 4.69) is 24.3 Å². The van der Waals surface area contributed by atoms with E-state index in [-0.39, 0.29) is 11.6 Å². The summed E-state index contributed by atoms with van der Waals surface area (Å²) < 4.78 is 5.28. The van der Waals surface area contributed by atoms with Crippen LogP contribution in [0.15, 0.2) is 0 Å². The van der Waals surface area contributed by atoms with Crippen LogP contribution in [0.2, 0.25) is 0 Å². The average Bonchev–Trinajstić information content (AvgIpc) is 2.54. The second kappa shape index (κ2) is 8.16. The highest BCUT2D eigenvalue weighted by atomic mass is 16.5. The summed E-state index contributed by atoms with van der Waals surface area (Å²) in [7, 11) is 6.05. The molecule has 128 valence electrons. The lowest BCUT2D eigenvalue weighted by molar-refractivity contribution is 0.0368. The van der Waals surface area contributed by atoms with E-state index in [4.69, 9.17) is 4.74 Å². The first kappa shape index (κ1) is 17.5. The Morgan fingerprint density at radius 1 is 1.23 bits per heavy atom. The first-order valence-electron chi connectivity index (χ1n) is 8.79. The number of hydrogen-bond donors (Lipinski definition) is 1. The molecule has 2 rings (SSSR count). The molecule has 5 nitrogen and oxygen atoms in total. The molecule has 1 heterocycles. The highest BCUT2D eigenvalue weighted by Gasteiger charge is 2.37. The Bertz CT molecular complexity index is 346. The molecule has 0 aromatic rings. The number of urea groups is 1. The number of piperidine rings is 1. The quantitative estimate of drug-likeness (QED) is 0.848. The van der Waals surface area contributed by atoms with Crippen LogP contribution in [0.1, 0.15) is 51.4 Å². The SMILES string of the molecule is COCCC1(N(C)C)CCN(C(=O)NC2CCCCC2)CC1. The smallest absolute Gasteiger partial charge is 0.317 e. The standard InChI is InChI=1S/C17H33N3O2/c1-19(2)17(11-14-22-3)9-12-20(13-10-17)16(21)18-15-7-5-4-6-8-15/h15H,4-14H2,1-3H3,(H,18,21). The second-order valence-electron chi connectivity index (χ2n) is 7.13. The predicted octanol–water partition coefficient (Wildman–Crippen LogP) is 2.46. The number of rotatable bonds is 5. The number of carbonyl (C=O) groups excluding carboxylic acids is 1. The first-order valence-corrected chi connectivity index (χ1v) is 8.79. The van der Waals surface area contributed by atoms with Crippen molar-refractivity contribution in [2.75, 3.05) is 40.9 Å². The molecule has 1 saturated heterocycles. The van der Waals surface area contributed by atoms with E-state index in [1.165, 1.54) is 19.3 Å².